The van der Waals surface area contributed by atoms with E-state index in [-0.39, 0.29) is 12.1 Å². The molecule has 14 heavy (non-hydrogen) atoms. The highest BCUT2D eigenvalue weighted by atomic mass is 16.3. The van der Waals surface area contributed by atoms with Crippen LogP contribution in [0.1, 0.15) is 25.7 Å². The Hall–Kier alpha value is -0.120. The smallest absolute Gasteiger partial charge is 0.0615 e. The maximum absolute atomic E-state index is 9.48. The Bertz CT molecular complexity index is 167. The molecule has 2 unspecified atom stereocenters. The van der Waals surface area contributed by atoms with Gasteiger partial charge in [0.05, 0.1) is 6.61 Å². The van der Waals surface area contributed by atoms with Crippen LogP contribution in [0.15, 0.2) is 0 Å². The summed E-state index contributed by atoms with van der Waals surface area (Å²) >= 11 is 0. The van der Waals surface area contributed by atoms with E-state index in [1.54, 1.807) is 0 Å². The van der Waals surface area contributed by atoms with Crippen molar-refractivity contribution in [2.24, 2.45) is 5.92 Å². The fourth-order valence-corrected chi connectivity index (χ4v) is 2.60. The third-order valence-corrected chi connectivity index (χ3v) is 3.66. The van der Waals surface area contributed by atoms with Crippen LogP contribution in [0, 0.1) is 5.92 Å². The molecule has 0 bridgehead atoms. The maximum Gasteiger partial charge on any atom is 0.0615 e. The fraction of sp³-hybridized carbons (Fsp3) is 1.00. The molecule has 1 fully saturated rings. The molecule has 1 rings (SSSR count). The number of nitrogens with zero attached hydrogens (tertiary/aromatic N) is 1. The van der Waals surface area contributed by atoms with Crippen molar-refractivity contribution < 1.29 is 5.11 Å². The van der Waals surface area contributed by atoms with Gasteiger partial charge >= 0.3 is 0 Å². The molecule has 84 valence electrons. The van der Waals surface area contributed by atoms with Crippen LogP contribution < -0.4 is 5.32 Å². The topological polar surface area (TPSA) is 35.5 Å². The van der Waals surface area contributed by atoms with Gasteiger partial charge in [0.2, 0.25) is 0 Å². The van der Waals surface area contributed by atoms with Gasteiger partial charge in [-0.05, 0) is 52.9 Å². The summed E-state index contributed by atoms with van der Waals surface area (Å²) in [5.74, 6) is 0.639. The molecule has 0 heterocycles. The molecule has 0 aromatic heterocycles. The minimum atomic E-state index is 0.00993. The monoisotopic (exact) mass is 200 g/mol. The van der Waals surface area contributed by atoms with Gasteiger partial charge in [0.25, 0.3) is 0 Å². The lowest BCUT2D eigenvalue weighted by Gasteiger charge is -2.34. The number of nitrogens with one attached hydrogen (secondary N) is 1. The standard InChI is InChI=1S/C11H24N2O/c1-12-11(9-14)7-4-5-10(11)6-8-13(2)3/h10,12,14H,4-9H2,1-3H3. The van der Waals surface area contributed by atoms with Crippen LogP contribution >= 0.6 is 0 Å². The summed E-state index contributed by atoms with van der Waals surface area (Å²) in [7, 11) is 6.19. The van der Waals surface area contributed by atoms with Gasteiger partial charge in [0.1, 0.15) is 0 Å². The van der Waals surface area contributed by atoms with Gasteiger partial charge in [-0.15, -0.1) is 0 Å². The van der Waals surface area contributed by atoms with E-state index < -0.39 is 0 Å². The van der Waals surface area contributed by atoms with Gasteiger partial charge in [0.15, 0.2) is 0 Å². The van der Waals surface area contributed by atoms with E-state index >= 15 is 0 Å². The van der Waals surface area contributed by atoms with Gasteiger partial charge in [-0.2, -0.15) is 0 Å². The molecule has 1 saturated carbocycles. The molecule has 2 atom stereocenters. The van der Waals surface area contributed by atoms with E-state index in [0.29, 0.717) is 5.92 Å². The number of aliphatic hydroxyl groups is 1. The van der Waals surface area contributed by atoms with Crippen molar-refractivity contribution in [3.05, 3.63) is 0 Å². The molecule has 3 nitrogen and oxygen atoms in total. The normalized spacial score (nSPS) is 32.8. The van der Waals surface area contributed by atoms with Crippen LogP contribution in [0.2, 0.25) is 0 Å². The number of rotatable bonds is 5. The van der Waals surface area contributed by atoms with E-state index in [0.717, 1.165) is 13.0 Å². The lowest BCUT2D eigenvalue weighted by atomic mass is 9.85. The van der Waals surface area contributed by atoms with Crippen molar-refractivity contribution in [3.63, 3.8) is 0 Å². The molecule has 0 radical (unpaired) electrons. The van der Waals surface area contributed by atoms with E-state index in [1.165, 1.54) is 19.3 Å². The Morgan fingerprint density at radius 3 is 2.71 bits per heavy atom. The van der Waals surface area contributed by atoms with E-state index in [1.807, 2.05) is 7.05 Å². The van der Waals surface area contributed by atoms with Gasteiger partial charge < -0.3 is 15.3 Å². The van der Waals surface area contributed by atoms with Crippen molar-refractivity contribution in [2.45, 2.75) is 31.2 Å². The van der Waals surface area contributed by atoms with E-state index in [9.17, 15) is 5.11 Å². The van der Waals surface area contributed by atoms with Crippen LogP contribution in [0.3, 0.4) is 0 Å². The highest BCUT2D eigenvalue weighted by Crippen LogP contribution is 2.37. The lowest BCUT2D eigenvalue weighted by Crippen LogP contribution is -2.50. The molecule has 2 N–H and O–H groups in total. The van der Waals surface area contributed by atoms with Crippen molar-refractivity contribution in [1.82, 2.24) is 10.2 Å². The average molecular weight is 200 g/mol. The Morgan fingerprint density at radius 1 is 1.50 bits per heavy atom. The van der Waals surface area contributed by atoms with Crippen molar-refractivity contribution in [1.29, 1.82) is 0 Å². The summed E-state index contributed by atoms with van der Waals surface area (Å²) in [6, 6.07) is 0. The molecule has 1 aliphatic carbocycles. The Balaban J connectivity index is 2.49. The third-order valence-electron chi connectivity index (χ3n) is 3.66. The Kier molecular flexibility index (Phi) is 4.35. The first-order valence-electron chi connectivity index (χ1n) is 5.59. The van der Waals surface area contributed by atoms with Crippen LogP contribution in [0.25, 0.3) is 0 Å². The van der Waals surface area contributed by atoms with Crippen molar-refractivity contribution in [3.8, 4) is 0 Å². The quantitative estimate of drug-likeness (QED) is 0.685. The molecule has 0 amide bonds. The molecule has 0 spiro atoms. The maximum atomic E-state index is 9.48. The SMILES string of the molecule is CNC1(CO)CCCC1CCN(C)C. The number of hydrogen-bond acceptors (Lipinski definition) is 3. The first-order valence-corrected chi connectivity index (χ1v) is 5.59. The zero-order valence-corrected chi connectivity index (χ0v) is 9.71. The molecule has 1 aliphatic rings. The summed E-state index contributed by atoms with van der Waals surface area (Å²) in [5.41, 5.74) is 0.00993. The minimum absolute atomic E-state index is 0.00993. The lowest BCUT2D eigenvalue weighted by molar-refractivity contribution is 0.122. The summed E-state index contributed by atoms with van der Waals surface area (Å²) in [4.78, 5) is 2.22. The van der Waals surface area contributed by atoms with Crippen molar-refractivity contribution in [2.75, 3.05) is 34.3 Å². The first kappa shape index (κ1) is 12.0. The Morgan fingerprint density at radius 2 is 2.21 bits per heavy atom. The third kappa shape index (κ3) is 2.47. The average Bonchev–Trinajstić information content (AvgIpc) is 2.58. The molecule has 0 aromatic rings. The molecular weight excluding hydrogens is 176 g/mol. The van der Waals surface area contributed by atoms with E-state index in [4.69, 9.17) is 0 Å². The fourth-order valence-electron chi connectivity index (χ4n) is 2.60. The molecular formula is C11H24N2O. The second-order valence-corrected chi connectivity index (χ2v) is 4.75. The largest absolute Gasteiger partial charge is 0.394 e. The second-order valence-electron chi connectivity index (χ2n) is 4.75. The summed E-state index contributed by atoms with van der Waals surface area (Å²) in [6.07, 6.45) is 4.82. The van der Waals surface area contributed by atoms with Gasteiger partial charge in [-0.3, -0.25) is 0 Å². The summed E-state index contributed by atoms with van der Waals surface area (Å²) in [6.45, 7) is 1.40. The van der Waals surface area contributed by atoms with E-state index in [2.05, 4.69) is 24.3 Å². The number of hydrogen-bond donors (Lipinski definition) is 2. The molecule has 0 aromatic carbocycles. The van der Waals surface area contributed by atoms with Crippen LogP contribution in [0.4, 0.5) is 0 Å². The number of likely N-dealkylation sites (N-methyl/N-ethyl adjacent to an activating group) is 1. The van der Waals surface area contributed by atoms with Crippen LogP contribution in [-0.4, -0.2) is 49.8 Å². The second kappa shape index (κ2) is 5.10. The number of aliphatic hydroxyl groups excluding tert-OH is 1. The molecule has 3 heteroatoms. The first-order chi connectivity index (χ1) is 6.64. The molecule has 0 saturated heterocycles. The summed E-state index contributed by atoms with van der Waals surface area (Å²) in [5, 5.41) is 12.8. The van der Waals surface area contributed by atoms with Gasteiger partial charge in [-0.1, -0.05) is 6.42 Å². The predicted octanol–water partition coefficient (Wildman–Crippen LogP) is 0.689. The van der Waals surface area contributed by atoms with Crippen molar-refractivity contribution >= 4 is 0 Å². The zero-order chi connectivity index (χ0) is 10.6. The van der Waals surface area contributed by atoms with Crippen LogP contribution in [-0.2, 0) is 0 Å². The Labute approximate surface area is 87.5 Å². The predicted molar refractivity (Wildman–Crippen MR) is 59.4 cm³/mol. The minimum Gasteiger partial charge on any atom is -0.394 e. The van der Waals surface area contributed by atoms with Crippen LogP contribution in [0.5, 0.6) is 0 Å². The summed E-state index contributed by atoms with van der Waals surface area (Å²) < 4.78 is 0. The zero-order valence-electron chi connectivity index (χ0n) is 9.71. The van der Waals surface area contributed by atoms with Gasteiger partial charge in [-0.25, -0.2) is 0 Å². The van der Waals surface area contributed by atoms with Gasteiger partial charge in [0, 0.05) is 5.54 Å². The highest BCUT2D eigenvalue weighted by molar-refractivity contribution is 4.98. The highest BCUT2D eigenvalue weighted by Gasteiger charge is 2.40. The molecule has 0 aliphatic heterocycles.